The van der Waals surface area contributed by atoms with Crippen molar-refractivity contribution >= 4 is 17.6 Å². The Balaban J connectivity index is 3.29. The molecule has 0 fully saturated rings. The first-order chi connectivity index (χ1) is 8.90. The molecule has 1 aromatic rings. The van der Waals surface area contributed by atoms with Gasteiger partial charge in [-0.05, 0) is 12.1 Å². The maximum Gasteiger partial charge on any atom is 0.335 e. The first-order valence-electron chi connectivity index (χ1n) is 5.70. The lowest BCUT2D eigenvalue weighted by molar-refractivity contribution is -0.118. The Morgan fingerprint density at radius 1 is 1.21 bits per heavy atom. The Kier molecular flexibility index (Phi) is 4.74. The first kappa shape index (κ1) is 14.8. The van der Waals surface area contributed by atoms with Gasteiger partial charge in [0, 0.05) is 5.92 Å². The third-order valence-corrected chi connectivity index (χ3v) is 2.51. The maximum atomic E-state index is 11.7. The van der Waals surface area contributed by atoms with Gasteiger partial charge in [0.15, 0.2) is 11.5 Å². The number of amides is 1. The van der Waals surface area contributed by atoms with Crippen LogP contribution in [-0.2, 0) is 4.79 Å². The van der Waals surface area contributed by atoms with Crippen molar-refractivity contribution in [1.82, 2.24) is 0 Å². The lowest BCUT2D eigenvalue weighted by Gasteiger charge is -2.15. The van der Waals surface area contributed by atoms with Crippen molar-refractivity contribution in [1.29, 1.82) is 0 Å². The molecule has 0 aliphatic heterocycles. The van der Waals surface area contributed by atoms with Crippen LogP contribution in [0.3, 0.4) is 0 Å². The molecule has 0 spiro atoms. The Labute approximate surface area is 111 Å². The van der Waals surface area contributed by atoms with Crippen LogP contribution in [0, 0.1) is 5.92 Å². The number of carbonyl (C=O) groups is 2. The number of ether oxygens (including phenoxy) is 2. The molecule has 1 rings (SSSR count). The number of benzene rings is 1. The highest BCUT2D eigenvalue weighted by Crippen LogP contribution is 2.36. The summed E-state index contributed by atoms with van der Waals surface area (Å²) in [4.78, 5) is 22.7. The predicted molar refractivity (Wildman–Crippen MR) is 70.0 cm³/mol. The minimum atomic E-state index is -1.11. The fourth-order valence-corrected chi connectivity index (χ4v) is 1.46. The van der Waals surface area contributed by atoms with Gasteiger partial charge in [-0.25, -0.2) is 4.79 Å². The van der Waals surface area contributed by atoms with E-state index in [1.165, 1.54) is 26.4 Å². The molecule has 19 heavy (non-hydrogen) atoms. The Morgan fingerprint density at radius 3 is 2.26 bits per heavy atom. The summed E-state index contributed by atoms with van der Waals surface area (Å²) in [6.07, 6.45) is 0. The highest BCUT2D eigenvalue weighted by atomic mass is 16.5. The second kappa shape index (κ2) is 6.08. The fourth-order valence-electron chi connectivity index (χ4n) is 1.46. The van der Waals surface area contributed by atoms with Crippen LogP contribution in [0.2, 0.25) is 0 Å². The molecule has 1 amide bonds. The van der Waals surface area contributed by atoms with E-state index in [4.69, 9.17) is 14.6 Å². The number of anilines is 1. The zero-order chi connectivity index (χ0) is 14.6. The molecular formula is C13H17NO5. The van der Waals surface area contributed by atoms with Crippen LogP contribution in [0.5, 0.6) is 11.5 Å². The largest absolute Gasteiger partial charge is 0.493 e. The summed E-state index contributed by atoms with van der Waals surface area (Å²) in [5, 5.41) is 11.7. The molecule has 2 N–H and O–H groups in total. The van der Waals surface area contributed by atoms with Gasteiger partial charge in [0.1, 0.15) is 0 Å². The van der Waals surface area contributed by atoms with Crippen LogP contribution in [0.25, 0.3) is 0 Å². The van der Waals surface area contributed by atoms with Gasteiger partial charge in [-0.3, -0.25) is 4.79 Å². The van der Waals surface area contributed by atoms with E-state index in [2.05, 4.69) is 5.32 Å². The van der Waals surface area contributed by atoms with Gasteiger partial charge in [0.25, 0.3) is 0 Å². The monoisotopic (exact) mass is 267 g/mol. The van der Waals surface area contributed by atoms with Crippen LogP contribution in [0.1, 0.15) is 24.2 Å². The van der Waals surface area contributed by atoms with E-state index in [1.54, 1.807) is 13.8 Å². The van der Waals surface area contributed by atoms with Gasteiger partial charge in [0.2, 0.25) is 5.91 Å². The molecule has 0 aliphatic carbocycles. The summed E-state index contributed by atoms with van der Waals surface area (Å²) in [5.74, 6) is -1.03. The van der Waals surface area contributed by atoms with Crippen molar-refractivity contribution < 1.29 is 24.2 Å². The molecule has 6 heteroatoms. The lowest BCUT2D eigenvalue weighted by Crippen LogP contribution is -2.18. The topological polar surface area (TPSA) is 84.9 Å². The number of carbonyl (C=O) groups excluding carboxylic acids is 1. The summed E-state index contributed by atoms with van der Waals surface area (Å²) in [6.45, 7) is 3.47. The molecule has 6 nitrogen and oxygen atoms in total. The van der Waals surface area contributed by atoms with Crippen LogP contribution >= 0.6 is 0 Å². The molecular weight excluding hydrogens is 250 g/mol. The van der Waals surface area contributed by atoms with Gasteiger partial charge in [-0.15, -0.1) is 0 Å². The number of nitrogens with one attached hydrogen (secondary N) is 1. The second-order valence-corrected chi connectivity index (χ2v) is 4.21. The number of aromatic carboxylic acids is 1. The minimum Gasteiger partial charge on any atom is -0.493 e. The van der Waals surface area contributed by atoms with Gasteiger partial charge >= 0.3 is 5.97 Å². The average Bonchev–Trinajstić information content (AvgIpc) is 2.37. The van der Waals surface area contributed by atoms with E-state index in [0.717, 1.165) is 0 Å². The zero-order valence-corrected chi connectivity index (χ0v) is 11.3. The highest BCUT2D eigenvalue weighted by molar-refractivity contribution is 5.97. The van der Waals surface area contributed by atoms with Crippen molar-refractivity contribution in [3.8, 4) is 11.5 Å². The van der Waals surface area contributed by atoms with Gasteiger partial charge < -0.3 is 19.9 Å². The molecule has 0 aliphatic rings. The van der Waals surface area contributed by atoms with E-state index < -0.39 is 5.97 Å². The quantitative estimate of drug-likeness (QED) is 0.852. The van der Waals surface area contributed by atoms with E-state index >= 15 is 0 Å². The number of hydrogen-bond donors (Lipinski definition) is 2. The molecule has 0 unspecified atom stereocenters. The predicted octanol–water partition coefficient (Wildman–Crippen LogP) is 2.00. The molecule has 0 saturated heterocycles. The molecule has 0 aromatic heterocycles. The lowest BCUT2D eigenvalue weighted by atomic mass is 10.1. The van der Waals surface area contributed by atoms with Crippen molar-refractivity contribution in [3.05, 3.63) is 17.7 Å². The van der Waals surface area contributed by atoms with Crippen molar-refractivity contribution in [3.63, 3.8) is 0 Å². The third kappa shape index (κ3) is 3.37. The van der Waals surface area contributed by atoms with Crippen LogP contribution in [0.4, 0.5) is 5.69 Å². The van der Waals surface area contributed by atoms with Crippen LogP contribution in [-0.4, -0.2) is 31.2 Å². The highest BCUT2D eigenvalue weighted by Gasteiger charge is 2.18. The summed E-state index contributed by atoms with van der Waals surface area (Å²) < 4.78 is 10.2. The number of carboxylic acid groups (broad SMARTS) is 1. The van der Waals surface area contributed by atoms with E-state index in [-0.39, 0.29) is 28.8 Å². The fraction of sp³-hybridized carbons (Fsp3) is 0.385. The third-order valence-electron chi connectivity index (χ3n) is 2.51. The van der Waals surface area contributed by atoms with Gasteiger partial charge in [0.05, 0.1) is 25.5 Å². The summed E-state index contributed by atoms with van der Waals surface area (Å²) in [5.41, 5.74) is 0.287. The number of methoxy groups -OCH3 is 2. The summed E-state index contributed by atoms with van der Waals surface area (Å²) >= 11 is 0. The van der Waals surface area contributed by atoms with Gasteiger partial charge in [-0.2, -0.15) is 0 Å². The maximum absolute atomic E-state index is 11.7. The molecule has 0 heterocycles. The smallest absolute Gasteiger partial charge is 0.335 e. The Bertz CT molecular complexity index is 496. The van der Waals surface area contributed by atoms with Crippen LogP contribution in [0.15, 0.2) is 12.1 Å². The van der Waals surface area contributed by atoms with Crippen molar-refractivity contribution in [2.75, 3.05) is 19.5 Å². The normalized spacial score (nSPS) is 10.2. The standard InChI is InChI=1S/C13H17NO5/c1-7(2)12(15)14-9-5-8(13(16)17)6-10(18-3)11(9)19-4/h5-7H,1-4H3,(H,14,15)(H,16,17). The molecule has 104 valence electrons. The van der Waals surface area contributed by atoms with E-state index in [9.17, 15) is 9.59 Å². The molecule has 0 radical (unpaired) electrons. The van der Waals surface area contributed by atoms with E-state index in [1.807, 2.05) is 0 Å². The zero-order valence-electron chi connectivity index (χ0n) is 11.3. The molecule has 0 atom stereocenters. The molecule has 0 saturated carbocycles. The minimum absolute atomic E-state index is 0.0108. The Hall–Kier alpha value is -2.24. The second-order valence-electron chi connectivity index (χ2n) is 4.21. The number of carboxylic acids is 1. The van der Waals surface area contributed by atoms with Crippen molar-refractivity contribution in [2.24, 2.45) is 5.92 Å². The summed E-state index contributed by atoms with van der Waals surface area (Å²) in [6, 6.07) is 2.68. The molecule has 0 bridgehead atoms. The van der Waals surface area contributed by atoms with Gasteiger partial charge in [-0.1, -0.05) is 13.8 Å². The molecule has 1 aromatic carbocycles. The Morgan fingerprint density at radius 2 is 1.84 bits per heavy atom. The number of rotatable bonds is 5. The SMILES string of the molecule is COc1cc(C(=O)O)cc(NC(=O)C(C)C)c1OC. The first-order valence-corrected chi connectivity index (χ1v) is 5.70. The van der Waals surface area contributed by atoms with E-state index in [0.29, 0.717) is 5.75 Å². The average molecular weight is 267 g/mol. The van der Waals surface area contributed by atoms with Crippen LogP contribution < -0.4 is 14.8 Å². The number of hydrogen-bond acceptors (Lipinski definition) is 4. The van der Waals surface area contributed by atoms with Crippen molar-refractivity contribution in [2.45, 2.75) is 13.8 Å². The summed E-state index contributed by atoms with van der Waals surface area (Å²) in [7, 11) is 2.82.